The number of carboxylic acid groups (broad SMARTS) is 2. The number of hydrogen-bond donors (Lipinski definition) is 4. The van der Waals surface area contributed by atoms with E-state index in [1.165, 1.54) is 0 Å². The summed E-state index contributed by atoms with van der Waals surface area (Å²) in [6.45, 7) is 2.62. The Morgan fingerprint density at radius 2 is 1.76 bits per heavy atom. The molecular weight excluding hydrogens is 401 g/mol. The standard InChI is InChI=1S/C14H20N4O4.C2HF3O2/c1-9-7-10(17-13(15-2)16-9)12(21)18-14(8-11(19)20)3-5-22-6-4-14;3-2(4,5)1(6)7/h7H,3-6,8H2,1-2H3,(H,18,21)(H,19,20)(H,15,16,17);(H,6,7). The number of nitrogens with zero attached hydrogens (tertiary/aromatic N) is 2. The van der Waals surface area contributed by atoms with Crippen LogP contribution < -0.4 is 10.6 Å². The molecule has 0 spiro atoms. The summed E-state index contributed by atoms with van der Waals surface area (Å²) in [5.74, 6) is -3.75. The Morgan fingerprint density at radius 3 is 2.21 bits per heavy atom. The number of carbonyl (C=O) groups excluding carboxylic acids is 1. The average molecular weight is 422 g/mol. The molecule has 2 rings (SSSR count). The van der Waals surface area contributed by atoms with Gasteiger partial charge in [0, 0.05) is 26.0 Å². The van der Waals surface area contributed by atoms with E-state index < -0.39 is 29.6 Å². The second-order valence-electron chi connectivity index (χ2n) is 6.19. The average Bonchev–Trinajstić information content (AvgIpc) is 2.60. The number of amides is 1. The van der Waals surface area contributed by atoms with E-state index >= 15 is 0 Å². The van der Waals surface area contributed by atoms with E-state index in [9.17, 15) is 22.8 Å². The van der Waals surface area contributed by atoms with Gasteiger partial charge in [-0.05, 0) is 25.8 Å². The Hall–Kier alpha value is -2.96. The van der Waals surface area contributed by atoms with Crippen LogP contribution in [0.3, 0.4) is 0 Å². The molecule has 1 aromatic rings. The fourth-order valence-electron chi connectivity index (χ4n) is 2.50. The number of ether oxygens (including phenoxy) is 1. The molecule has 4 N–H and O–H groups in total. The van der Waals surface area contributed by atoms with Crippen LogP contribution in [0.4, 0.5) is 19.1 Å². The summed E-state index contributed by atoms with van der Waals surface area (Å²) in [5, 5.41) is 21.9. The minimum atomic E-state index is -5.08. The van der Waals surface area contributed by atoms with Crippen LogP contribution in [0, 0.1) is 6.92 Å². The number of anilines is 1. The molecule has 0 saturated carbocycles. The molecule has 0 bridgehead atoms. The molecule has 1 aromatic heterocycles. The van der Waals surface area contributed by atoms with Crippen molar-refractivity contribution in [2.75, 3.05) is 25.6 Å². The highest BCUT2D eigenvalue weighted by Gasteiger charge is 2.38. The second kappa shape index (κ2) is 10.0. The number of nitrogens with one attached hydrogen (secondary N) is 2. The lowest BCUT2D eigenvalue weighted by Crippen LogP contribution is -2.53. The van der Waals surface area contributed by atoms with Crippen molar-refractivity contribution in [2.45, 2.75) is 37.9 Å². The Bertz CT molecular complexity index is 751. The van der Waals surface area contributed by atoms with E-state index in [1.54, 1.807) is 20.0 Å². The van der Waals surface area contributed by atoms with Gasteiger partial charge in [-0.2, -0.15) is 13.2 Å². The minimum absolute atomic E-state index is 0.134. The van der Waals surface area contributed by atoms with Crippen molar-refractivity contribution in [1.82, 2.24) is 15.3 Å². The number of aliphatic carboxylic acids is 2. The molecule has 0 aromatic carbocycles. The number of aryl methyl sites for hydroxylation is 1. The molecule has 1 amide bonds. The first-order valence-electron chi connectivity index (χ1n) is 8.34. The zero-order valence-electron chi connectivity index (χ0n) is 15.7. The number of carbonyl (C=O) groups is 3. The third-order valence-electron chi connectivity index (χ3n) is 3.87. The molecule has 1 saturated heterocycles. The summed E-state index contributed by atoms with van der Waals surface area (Å²) in [6, 6.07) is 1.57. The third kappa shape index (κ3) is 7.89. The molecule has 0 radical (unpaired) electrons. The van der Waals surface area contributed by atoms with Gasteiger partial charge in [-0.1, -0.05) is 0 Å². The van der Waals surface area contributed by atoms with Crippen molar-refractivity contribution in [3.05, 3.63) is 17.5 Å². The summed E-state index contributed by atoms with van der Waals surface area (Å²) in [4.78, 5) is 40.7. The van der Waals surface area contributed by atoms with Crippen molar-refractivity contribution < 1.29 is 42.5 Å². The van der Waals surface area contributed by atoms with E-state index in [0.717, 1.165) is 0 Å². The van der Waals surface area contributed by atoms with E-state index in [2.05, 4.69) is 20.6 Å². The highest BCUT2D eigenvalue weighted by molar-refractivity contribution is 5.93. The number of halogens is 3. The fraction of sp³-hybridized carbons (Fsp3) is 0.562. The van der Waals surface area contributed by atoms with Crippen molar-refractivity contribution in [1.29, 1.82) is 0 Å². The van der Waals surface area contributed by atoms with E-state index in [4.69, 9.17) is 19.7 Å². The predicted octanol–water partition coefficient (Wildman–Crippen LogP) is 1.21. The Kier molecular flexibility index (Phi) is 8.30. The lowest BCUT2D eigenvalue weighted by molar-refractivity contribution is -0.192. The van der Waals surface area contributed by atoms with E-state index in [1.807, 2.05) is 0 Å². The van der Waals surface area contributed by atoms with Gasteiger partial charge in [0.15, 0.2) is 0 Å². The van der Waals surface area contributed by atoms with Gasteiger partial charge in [-0.15, -0.1) is 0 Å². The number of rotatable bonds is 5. The van der Waals surface area contributed by atoms with E-state index in [0.29, 0.717) is 37.7 Å². The zero-order chi connectivity index (χ0) is 22.2. The molecule has 162 valence electrons. The summed E-state index contributed by atoms with van der Waals surface area (Å²) in [6.07, 6.45) is -4.28. The van der Waals surface area contributed by atoms with Gasteiger partial charge < -0.3 is 25.6 Å². The van der Waals surface area contributed by atoms with Crippen LogP contribution >= 0.6 is 0 Å². The zero-order valence-corrected chi connectivity index (χ0v) is 15.7. The van der Waals surface area contributed by atoms with Gasteiger partial charge in [-0.3, -0.25) is 9.59 Å². The number of aromatic nitrogens is 2. The van der Waals surface area contributed by atoms with E-state index in [-0.39, 0.29) is 12.1 Å². The van der Waals surface area contributed by atoms with Gasteiger partial charge in [-0.25, -0.2) is 14.8 Å². The van der Waals surface area contributed by atoms with Crippen LogP contribution in [-0.2, 0) is 14.3 Å². The molecule has 1 aliphatic rings. The molecule has 10 nitrogen and oxygen atoms in total. The summed E-state index contributed by atoms with van der Waals surface area (Å²) in [7, 11) is 1.67. The first-order chi connectivity index (χ1) is 13.4. The van der Waals surface area contributed by atoms with Gasteiger partial charge in [0.05, 0.1) is 12.0 Å². The molecule has 1 aliphatic heterocycles. The topological polar surface area (TPSA) is 151 Å². The Balaban J connectivity index is 0.000000516. The van der Waals surface area contributed by atoms with Crippen LogP contribution in [0.2, 0.25) is 0 Å². The quantitative estimate of drug-likeness (QED) is 0.549. The maximum atomic E-state index is 12.5. The van der Waals surface area contributed by atoms with Gasteiger partial charge in [0.2, 0.25) is 5.95 Å². The SMILES string of the molecule is CNc1nc(C)cc(C(=O)NC2(CC(=O)O)CCOCC2)n1.O=C(O)C(F)(F)F. The second-order valence-corrected chi connectivity index (χ2v) is 6.19. The number of alkyl halides is 3. The van der Waals surface area contributed by atoms with Crippen molar-refractivity contribution in [2.24, 2.45) is 0 Å². The molecule has 1 fully saturated rings. The number of hydrogen-bond acceptors (Lipinski definition) is 7. The molecule has 0 atom stereocenters. The number of carboxylic acids is 2. The van der Waals surface area contributed by atoms with Crippen LogP contribution in [0.5, 0.6) is 0 Å². The highest BCUT2D eigenvalue weighted by Crippen LogP contribution is 2.25. The minimum Gasteiger partial charge on any atom is -0.481 e. The molecular formula is C16H21F3N4O6. The van der Waals surface area contributed by atoms with Crippen LogP contribution in [0.1, 0.15) is 35.4 Å². The molecule has 29 heavy (non-hydrogen) atoms. The summed E-state index contributed by atoms with van der Waals surface area (Å²) >= 11 is 0. The lowest BCUT2D eigenvalue weighted by atomic mass is 9.86. The Morgan fingerprint density at radius 1 is 1.21 bits per heavy atom. The normalized spacial score (nSPS) is 15.5. The third-order valence-corrected chi connectivity index (χ3v) is 3.87. The van der Waals surface area contributed by atoms with Crippen LogP contribution in [-0.4, -0.2) is 70.0 Å². The summed E-state index contributed by atoms with van der Waals surface area (Å²) < 4.78 is 37.0. The molecule has 0 aliphatic carbocycles. The molecule has 13 heteroatoms. The maximum Gasteiger partial charge on any atom is 0.490 e. The maximum absolute atomic E-state index is 12.5. The predicted molar refractivity (Wildman–Crippen MR) is 92.5 cm³/mol. The van der Waals surface area contributed by atoms with Gasteiger partial charge in [0.25, 0.3) is 5.91 Å². The molecule has 2 heterocycles. The van der Waals surface area contributed by atoms with Gasteiger partial charge in [0.1, 0.15) is 5.69 Å². The van der Waals surface area contributed by atoms with Crippen molar-refractivity contribution in [3.8, 4) is 0 Å². The lowest BCUT2D eigenvalue weighted by Gasteiger charge is -2.36. The first-order valence-corrected chi connectivity index (χ1v) is 8.34. The monoisotopic (exact) mass is 422 g/mol. The summed E-state index contributed by atoms with van der Waals surface area (Å²) in [5.41, 5.74) is 0.0803. The van der Waals surface area contributed by atoms with Gasteiger partial charge >= 0.3 is 18.1 Å². The molecule has 0 unspecified atom stereocenters. The van der Waals surface area contributed by atoms with Crippen LogP contribution in [0.15, 0.2) is 6.07 Å². The van der Waals surface area contributed by atoms with Crippen molar-refractivity contribution >= 4 is 23.8 Å². The smallest absolute Gasteiger partial charge is 0.481 e. The first kappa shape index (κ1) is 24.1. The fourth-order valence-corrected chi connectivity index (χ4v) is 2.50. The van der Waals surface area contributed by atoms with Crippen molar-refractivity contribution in [3.63, 3.8) is 0 Å². The van der Waals surface area contributed by atoms with Crippen LogP contribution in [0.25, 0.3) is 0 Å². The highest BCUT2D eigenvalue weighted by atomic mass is 19.4. The largest absolute Gasteiger partial charge is 0.490 e. The Labute approximate surface area is 163 Å².